The number of rotatable bonds is 9. The summed E-state index contributed by atoms with van der Waals surface area (Å²) < 4.78 is 19.9. The Bertz CT molecular complexity index is 1680. The van der Waals surface area contributed by atoms with E-state index in [0.717, 1.165) is 5.56 Å². The molecule has 6 rings (SSSR count). The van der Waals surface area contributed by atoms with E-state index >= 15 is 0 Å². The number of benzene rings is 4. The van der Waals surface area contributed by atoms with Crippen molar-refractivity contribution in [2.45, 2.75) is 55.5 Å². The molecule has 0 saturated carbocycles. The molecule has 2 aliphatic heterocycles. The van der Waals surface area contributed by atoms with Crippen LogP contribution in [0.3, 0.4) is 0 Å². The summed E-state index contributed by atoms with van der Waals surface area (Å²) in [7, 11) is 0. The molecule has 0 spiro atoms. The van der Waals surface area contributed by atoms with Crippen LogP contribution in [0, 0.1) is 11.7 Å². The molecule has 8 atom stereocenters. The highest BCUT2D eigenvalue weighted by Gasteiger charge is 2.49. The predicted octanol–water partition coefficient (Wildman–Crippen LogP) is 3.93. The molecular weight excluding hydrogens is 593 g/mol. The van der Waals surface area contributed by atoms with Crippen molar-refractivity contribution in [2.24, 2.45) is 5.92 Å². The first kappa shape index (κ1) is 31.8. The first-order valence-electron chi connectivity index (χ1n) is 15.2. The number of carbonyl (C=O) groups is 1. The predicted molar refractivity (Wildman–Crippen MR) is 167 cm³/mol. The summed E-state index contributed by atoms with van der Waals surface area (Å²) >= 11 is 0. The second-order valence-electron chi connectivity index (χ2n) is 11.9. The monoisotopic (exact) mass is 629 g/mol. The zero-order chi connectivity index (χ0) is 32.5. The smallest absolute Gasteiger partial charge is 0.233 e. The lowest BCUT2D eigenvalue weighted by Gasteiger charge is -2.48. The van der Waals surface area contributed by atoms with E-state index < -0.39 is 61.0 Å². The van der Waals surface area contributed by atoms with E-state index in [-0.39, 0.29) is 11.7 Å². The number of aliphatic hydroxyl groups is 5. The number of hydrogen-bond acceptors (Lipinski definition) is 8. The van der Waals surface area contributed by atoms with Crippen LogP contribution in [0.4, 0.5) is 10.1 Å². The van der Waals surface area contributed by atoms with Gasteiger partial charge in [0.05, 0.1) is 24.7 Å². The van der Waals surface area contributed by atoms with Gasteiger partial charge >= 0.3 is 0 Å². The van der Waals surface area contributed by atoms with Crippen LogP contribution in [0.2, 0.25) is 0 Å². The van der Waals surface area contributed by atoms with E-state index in [0.29, 0.717) is 40.8 Å². The Morgan fingerprint density at radius 1 is 0.826 bits per heavy atom. The minimum Gasteiger partial charge on any atom is -0.508 e. The Balaban J connectivity index is 1.28. The fourth-order valence-electron chi connectivity index (χ4n) is 6.52. The normalized spacial score (nSPS) is 26.9. The van der Waals surface area contributed by atoms with Crippen LogP contribution in [-0.2, 0) is 9.53 Å². The number of ether oxygens (including phenoxy) is 1. The van der Waals surface area contributed by atoms with Crippen molar-refractivity contribution in [3.05, 3.63) is 120 Å². The van der Waals surface area contributed by atoms with Crippen LogP contribution in [-0.4, -0.2) is 67.6 Å². The van der Waals surface area contributed by atoms with E-state index in [4.69, 9.17) is 4.74 Å². The van der Waals surface area contributed by atoms with Gasteiger partial charge in [-0.1, -0.05) is 66.7 Å². The van der Waals surface area contributed by atoms with E-state index in [9.17, 15) is 39.8 Å². The average Bonchev–Trinajstić information content (AvgIpc) is 3.07. The van der Waals surface area contributed by atoms with Gasteiger partial charge in [0.25, 0.3) is 0 Å². The van der Waals surface area contributed by atoms with Gasteiger partial charge in [-0.15, -0.1) is 0 Å². The van der Waals surface area contributed by atoms with Crippen molar-refractivity contribution < 1.29 is 44.6 Å². The zero-order valence-corrected chi connectivity index (χ0v) is 24.8. The number of halogens is 1. The average molecular weight is 630 g/mol. The van der Waals surface area contributed by atoms with Crippen LogP contribution in [0.15, 0.2) is 97.1 Å². The molecule has 2 aliphatic rings. The number of hydrogen-bond donors (Lipinski definition) is 6. The van der Waals surface area contributed by atoms with Crippen molar-refractivity contribution >= 4 is 11.6 Å². The highest BCUT2D eigenvalue weighted by Crippen LogP contribution is 2.49. The molecule has 0 radical (unpaired) electrons. The number of β-lactam (4-membered cyclic amide) rings is 1. The molecule has 4 aromatic carbocycles. The number of anilines is 1. The largest absolute Gasteiger partial charge is 0.508 e. The lowest BCUT2D eigenvalue weighted by molar-refractivity contribution is -0.231. The van der Waals surface area contributed by atoms with Gasteiger partial charge in [0.2, 0.25) is 5.91 Å². The molecule has 6 N–H and O–H groups in total. The van der Waals surface area contributed by atoms with Gasteiger partial charge in [-0.3, -0.25) is 4.79 Å². The summed E-state index contributed by atoms with van der Waals surface area (Å²) in [5.41, 5.74) is 3.35. The van der Waals surface area contributed by atoms with Crippen LogP contribution in [0.25, 0.3) is 11.1 Å². The van der Waals surface area contributed by atoms with Crippen molar-refractivity contribution in [1.82, 2.24) is 0 Å². The van der Waals surface area contributed by atoms with E-state index in [2.05, 4.69) is 0 Å². The van der Waals surface area contributed by atoms with Gasteiger partial charge in [-0.05, 0) is 65.4 Å². The van der Waals surface area contributed by atoms with Gasteiger partial charge in [-0.25, -0.2) is 4.39 Å². The van der Waals surface area contributed by atoms with E-state index in [1.165, 1.54) is 23.1 Å². The number of phenols is 1. The second kappa shape index (κ2) is 13.3. The number of aromatic hydroxyl groups is 1. The summed E-state index contributed by atoms with van der Waals surface area (Å²) in [5.74, 6) is -1.37. The maximum atomic E-state index is 14.2. The third kappa shape index (κ3) is 6.03. The third-order valence-electron chi connectivity index (χ3n) is 9.03. The first-order chi connectivity index (χ1) is 22.2. The summed E-state index contributed by atoms with van der Waals surface area (Å²) in [6.07, 6.45) is -6.61. The fourth-order valence-corrected chi connectivity index (χ4v) is 6.52. The molecule has 1 amide bonds. The van der Waals surface area contributed by atoms with Gasteiger partial charge < -0.3 is 40.3 Å². The molecule has 2 fully saturated rings. The third-order valence-corrected chi connectivity index (χ3v) is 9.03. The van der Waals surface area contributed by atoms with Gasteiger partial charge in [0.1, 0.15) is 42.1 Å². The number of phenolic OH excluding ortho intramolecular Hbond substituents is 1. The minimum absolute atomic E-state index is 0.0803. The van der Waals surface area contributed by atoms with Gasteiger partial charge in [-0.2, -0.15) is 0 Å². The minimum atomic E-state index is -1.52. The summed E-state index contributed by atoms with van der Waals surface area (Å²) in [6, 6.07) is 26.3. The molecule has 10 heteroatoms. The molecule has 0 unspecified atom stereocenters. The Morgan fingerprint density at radius 3 is 2.28 bits per heavy atom. The lowest BCUT2D eigenvalue weighted by Crippen LogP contribution is -2.55. The molecule has 0 aliphatic carbocycles. The maximum Gasteiger partial charge on any atom is 0.233 e. The first-order valence-corrected chi connectivity index (χ1v) is 15.2. The van der Waals surface area contributed by atoms with Crippen LogP contribution in [0.5, 0.6) is 5.75 Å². The van der Waals surface area contributed by atoms with Crippen LogP contribution < -0.4 is 4.90 Å². The number of amides is 1. The molecule has 2 saturated heterocycles. The summed E-state index contributed by atoms with van der Waals surface area (Å²) in [6.45, 7) is -0.543. The van der Waals surface area contributed by atoms with Crippen molar-refractivity contribution in [3.63, 3.8) is 0 Å². The van der Waals surface area contributed by atoms with Crippen molar-refractivity contribution in [2.75, 3.05) is 11.5 Å². The molecule has 2 heterocycles. The van der Waals surface area contributed by atoms with Gasteiger partial charge in [0, 0.05) is 11.3 Å². The molecule has 0 aromatic heterocycles. The Morgan fingerprint density at radius 2 is 1.57 bits per heavy atom. The Kier molecular flexibility index (Phi) is 9.19. The topological polar surface area (TPSA) is 151 Å². The molecule has 0 bridgehead atoms. The molecule has 46 heavy (non-hydrogen) atoms. The molecule has 4 aromatic rings. The zero-order valence-electron chi connectivity index (χ0n) is 24.8. The second-order valence-corrected chi connectivity index (χ2v) is 11.9. The summed E-state index contributed by atoms with van der Waals surface area (Å²) in [4.78, 5) is 14.9. The molecule has 240 valence electrons. The quantitative estimate of drug-likeness (QED) is 0.153. The van der Waals surface area contributed by atoms with Crippen LogP contribution >= 0.6 is 0 Å². The van der Waals surface area contributed by atoms with E-state index in [1.807, 2.05) is 30.3 Å². The number of aliphatic hydroxyl groups excluding tert-OH is 5. The molecule has 9 nitrogen and oxygen atoms in total. The van der Waals surface area contributed by atoms with Crippen LogP contribution in [0.1, 0.15) is 47.8 Å². The van der Waals surface area contributed by atoms with Crippen molar-refractivity contribution in [1.29, 1.82) is 0 Å². The molecular formula is C36H36FNO8. The maximum absolute atomic E-state index is 14.2. The highest BCUT2D eigenvalue weighted by molar-refractivity contribution is 6.03. The summed E-state index contributed by atoms with van der Waals surface area (Å²) in [5, 5.41) is 62.7. The fraction of sp³-hybridized carbons (Fsp3) is 0.306. The van der Waals surface area contributed by atoms with Crippen molar-refractivity contribution in [3.8, 4) is 16.9 Å². The Hall–Kier alpha value is -4.16. The standard InChI is InChI=1S/C36H36FNO8/c37-24-10-5-11-25(18-24)38-31(27(36(38)45)14-15-28(40)20-6-2-1-3-7-20)26-13-12-22(17-29(26)41)21-8-4-9-23(16-21)35-34(44)33(43)32(42)30(19-39)46-35/h1-13,16-18,27-28,30-35,39-44H,14-15,19H2/t27-,28+,30-,31-,32-,33+,34-,35+/m1/s1. The highest BCUT2D eigenvalue weighted by atomic mass is 19.1. The lowest BCUT2D eigenvalue weighted by atomic mass is 9.77. The Labute approximate surface area is 265 Å². The number of carbonyl (C=O) groups excluding carboxylic acids is 1. The SMILES string of the molecule is O=C1[C@H](CC[C@H](O)c2ccccc2)[C@@H](c2ccc(-c3cccc([C@@H]4O[C@H](CO)[C@@H](O)[C@H](O)[C@H]4O)c3)cc2O)N1c1cccc(F)c1. The number of nitrogens with zero attached hydrogens (tertiary/aromatic N) is 1. The van der Waals surface area contributed by atoms with E-state index in [1.54, 1.807) is 48.5 Å². The van der Waals surface area contributed by atoms with Gasteiger partial charge in [0.15, 0.2) is 0 Å².